The van der Waals surface area contributed by atoms with Crippen molar-refractivity contribution in [2.75, 3.05) is 0 Å². The van der Waals surface area contributed by atoms with Crippen LogP contribution < -0.4 is 10.6 Å². The van der Waals surface area contributed by atoms with E-state index in [0.29, 0.717) is 5.56 Å². The summed E-state index contributed by atoms with van der Waals surface area (Å²) >= 11 is 17.6. The zero-order valence-corrected chi connectivity index (χ0v) is 13.1. The molecule has 2 N–H and O–H groups in total. The van der Waals surface area contributed by atoms with Crippen LogP contribution >= 0.6 is 34.8 Å². The van der Waals surface area contributed by atoms with Crippen LogP contribution in [0.15, 0.2) is 24.5 Å². The van der Waals surface area contributed by atoms with Crippen molar-refractivity contribution < 1.29 is 4.79 Å². The van der Waals surface area contributed by atoms with Gasteiger partial charge in [-0.25, -0.2) is 0 Å². The fraction of sp³-hybridized carbons (Fsp3) is 0.500. The molecule has 0 aromatic carbocycles. The number of halogens is 3. The molecule has 1 rings (SSSR count). The maximum Gasteiger partial charge on any atom is 0.254 e. The monoisotopic (exact) mass is 323 g/mol. The molecule has 1 heterocycles. The van der Waals surface area contributed by atoms with Gasteiger partial charge in [0.25, 0.3) is 5.91 Å². The Kier molecular flexibility index (Phi) is 5.44. The predicted molar refractivity (Wildman–Crippen MR) is 78.7 cm³/mol. The third-order valence-corrected chi connectivity index (χ3v) is 2.76. The van der Waals surface area contributed by atoms with Gasteiger partial charge in [0.15, 0.2) is 0 Å². The Morgan fingerprint density at radius 2 is 1.95 bits per heavy atom. The van der Waals surface area contributed by atoms with E-state index in [-0.39, 0.29) is 11.4 Å². The summed E-state index contributed by atoms with van der Waals surface area (Å²) in [6.07, 6.45) is 2.21. The van der Waals surface area contributed by atoms with E-state index in [1.54, 1.807) is 18.3 Å². The molecule has 0 aliphatic rings. The summed E-state index contributed by atoms with van der Waals surface area (Å²) < 4.78 is -1.66. The first-order valence-corrected chi connectivity index (χ1v) is 6.78. The highest BCUT2D eigenvalue weighted by atomic mass is 35.6. The van der Waals surface area contributed by atoms with E-state index in [0.717, 1.165) is 0 Å². The van der Waals surface area contributed by atoms with Crippen LogP contribution in [0.4, 0.5) is 0 Å². The number of nitrogens with zero attached hydrogens (tertiary/aromatic N) is 1. The molecule has 1 aromatic heterocycles. The lowest BCUT2D eigenvalue weighted by molar-refractivity contribution is 0.0922. The van der Waals surface area contributed by atoms with Crippen LogP contribution in [0.25, 0.3) is 0 Å². The van der Waals surface area contributed by atoms with Crippen LogP contribution in [0.5, 0.6) is 0 Å². The Morgan fingerprint density at radius 1 is 1.32 bits per heavy atom. The molecule has 1 atom stereocenters. The summed E-state index contributed by atoms with van der Waals surface area (Å²) in [7, 11) is 0. The van der Waals surface area contributed by atoms with Gasteiger partial charge in [0, 0.05) is 17.9 Å². The number of pyridine rings is 1. The summed E-state index contributed by atoms with van der Waals surface area (Å²) in [6.45, 7) is 5.73. The lowest BCUT2D eigenvalue weighted by Crippen LogP contribution is -2.58. The molecule has 0 bridgehead atoms. The Balaban J connectivity index is 2.82. The fourth-order valence-corrected chi connectivity index (χ4v) is 1.67. The average molecular weight is 325 g/mol. The molecule has 7 heteroatoms. The number of carbonyl (C=O) groups excluding carboxylic acids is 1. The summed E-state index contributed by atoms with van der Waals surface area (Å²) in [4.78, 5) is 15.9. The van der Waals surface area contributed by atoms with Crippen LogP contribution in [0.3, 0.4) is 0 Å². The fourth-order valence-electron chi connectivity index (χ4n) is 1.34. The van der Waals surface area contributed by atoms with Crippen LogP contribution in [0, 0.1) is 0 Å². The zero-order chi connectivity index (χ0) is 14.7. The number of alkyl halides is 3. The van der Waals surface area contributed by atoms with Gasteiger partial charge in [-0.15, -0.1) is 0 Å². The molecule has 106 valence electrons. The minimum absolute atomic E-state index is 0.323. The molecule has 0 aliphatic carbocycles. The lowest BCUT2D eigenvalue weighted by atomic mass is 10.1. The molecule has 1 amide bonds. The molecular weight excluding hydrogens is 309 g/mol. The second kappa shape index (κ2) is 6.27. The van der Waals surface area contributed by atoms with Gasteiger partial charge >= 0.3 is 0 Å². The molecule has 0 aliphatic heterocycles. The number of hydrogen-bond acceptors (Lipinski definition) is 3. The molecular formula is C12H16Cl3N3O. The number of amides is 1. The topological polar surface area (TPSA) is 54.0 Å². The Hall–Kier alpha value is -0.550. The van der Waals surface area contributed by atoms with E-state index >= 15 is 0 Å². The van der Waals surface area contributed by atoms with Gasteiger partial charge in [0.05, 0.1) is 5.56 Å². The third kappa shape index (κ3) is 5.95. The van der Waals surface area contributed by atoms with E-state index in [1.165, 1.54) is 6.20 Å². The van der Waals surface area contributed by atoms with E-state index in [4.69, 9.17) is 34.8 Å². The second-order valence-corrected chi connectivity index (χ2v) is 7.45. The van der Waals surface area contributed by atoms with Gasteiger partial charge in [0.1, 0.15) is 6.17 Å². The quantitative estimate of drug-likeness (QED) is 0.664. The Morgan fingerprint density at radius 3 is 2.37 bits per heavy atom. The SMILES string of the molecule is CC(C)(C)N[C@@H](NC(=O)c1cccnc1)C(Cl)(Cl)Cl. The smallest absolute Gasteiger partial charge is 0.254 e. The van der Waals surface area contributed by atoms with Crippen LogP contribution in [0.2, 0.25) is 0 Å². The summed E-state index contributed by atoms with van der Waals surface area (Å²) in [5.74, 6) is -0.360. The van der Waals surface area contributed by atoms with Gasteiger partial charge in [-0.3, -0.25) is 15.1 Å². The van der Waals surface area contributed by atoms with Crippen molar-refractivity contribution in [3.05, 3.63) is 30.1 Å². The number of nitrogens with one attached hydrogen (secondary N) is 2. The highest BCUT2D eigenvalue weighted by Crippen LogP contribution is 2.30. The highest BCUT2D eigenvalue weighted by Gasteiger charge is 2.36. The van der Waals surface area contributed by atoms with Gasteiger partial charge in [0.2, 0.25) is 3.79 Å². The van der Waals surface area contributed by atoms with Gasteiger partial charge in [-0.05, 0) is 32.9 Å². The van der Waals surface area contributed by atoms with Crippen molar-refractivity contribution in [3.8, 4) is 0 Å². The Bertz CT molecular complexity index is 426. The summed E-state index contributed by atoms with van der Waals surface area (Å²) in [5, 5.41) is 5.69. The minimum atomic E-state index is -1.66. The number of rotatable bonds is 3. The molecule has 0 saturated heterocycles. The van der Waals surface area contributed by atoms with E-state index in [1.807, 2.05) is 20.8 Å². The molecule has 19 heavy (non-hydrogen) atoms. The number of hydrogen-bond donors (Lipinski definition) is 2. The van der Waals surface area contributed by atoms with Crippen molar-refractivity contribution in [1.29, 1.82) is 0 Å². The highest BCUT2D eigenvalue weighted by molar-refractivity contribution is 6.68. The summed E-state index contributed by atoms with van der Waals surface area (Å²) in [6, 6.07) is 3.30. The van der Waals surface area contributed by atoms with Crippen molar-refractivity contribution in [1.82, 2.24) is 15.6 Å². The molecule has 0 spiro atoms. The number of aromatic nitrogens is 1. The van der Waals surface area contributed by atoms with Crippen molar-refractivity contribution in [2.24, 2.45) is 0 Å². The summed E-state index contributed by atoms with van der Waals surface area (Å²) in [5.41, 5.74) is 0.0778. The molecule has 4 nitrogen and oxygen atoms in total. The zero-order valence-electron chi connectivity index (χ0n) is 10.9. The van der Waals surface area contributed by atoms with Crippen molar-refractivity contribution in [2.45, 2.75) is 36.3 Å². The molecule has 0 unspecified atom stereocenters. The standard InChI is InChI=1S/C12H16Cl3N3O/c1-11(2,3)18-10(12(13,14)15)17-9(19)8-5-4-6-16-7-8/h4-7,10,18H,1-3H3,(H,17,19)/t10-/m1/s1. The first kappa shape index (κ1) is 16.5. The van der Waals surface area contributed by atoms with Crippen LogP contribution in [0.1, 0.15) is 31.1 Å². The lowest BCUT2D eigenvalue weighted by Gasteiger charge is -2.33. The van der Waals surface area contributed by atoms with Crippen molar-refractivity contribution in [3.63, 3.8) is 0 Å². The molecule has 1 aromatic rings. The van der Waals surface area contributed by atoms with Crippen LogP contribution in [-0.4, -0.2) is 26.4 Å². The Labute approximate surface area is 127 Å². The van der Waals surface area contributed by atoms with Gasteiger partial charge < -0.3 is 5.32 Å². The van der Waals surface area contributed by atoms with E-state index in [2.05, 4.69) is 15.6 Å². The van der Waals surface area contributed by atoms with Crippen LogP contribution in [-0.2, 0) is 0 Å². The van der Waals surface area contributed by atoms with Gasteiger partial charge in [-0.2, -0.15) is 0 Å². The molecule has 0 radical (unpaired) electrons. The first-order valence-electron chi connectivity index (χ1n) is 5.65. The van der Waals surface area contributed by atoms with E-state index in [9.17, 15) is 4.79 Å². The molecule has 0 saturated carbocycles. The largest absolute Gasteiger partial charge is 0.333 e. The predicted octanol–water partition coefficient (Wildman–Crippen LogP) is 2.90. The maximum atomic E-state index is 12.0. The maximum absolute atomic E-state index is 12.0. The molecule has 0 fully saturated rings. The van der Waals surface area contributed by atoms with E-state index < -0.39 is 9.96 Å². The minimum Gasteiger partial charge on any atom is -0.333 e. The second-order valence-electron chi connectivity index (χ2n) is 5.08. The van der Waals surface area contributed by atoms with Crippen molar-refractivity contribution >= 4 is 40.7 Å². The average Bonchev–Trinajstić information content (AvgIpc) is 2.26. The number of carbonyl (C=O) groups is 1. The normalized spacial score (nSPS) is 14.0. The third-order valence-electron chi connectivity index (χ3n) is 2.10. The first-order chi connectivity index (χ1) is 8.59. The van der Waals surface area contributed by atoms with Gasteiger partial charge in [-0.1, -0.05) is 34.8 Å².